The summed E-state index contributed by atoms with van der Waals surface area (Å²) in [6, 6.07) is 11.8. The van der Waals surface area contributed by atoms with Crippen LogP contribution < -0.4 is 10.2 Å². The molecule has 24 heavy (non-hydrogen) atoms. The number of nitrogens with zero attached hydrogens (tertiary/aromatic N) is 1. The Hall–Kier alpha value is -2.01. The zero-order valence-electron chi connectivity index (χ0n) is 12.4. The van der Waals surface area contributed by atoms with Gasteiger partial charge in [-0.15, -0.1) is 0 Å². The maximum Gasteiger partial charge on any atom is 0.283 e. The summed E-state index contributed by atoms with van der Waals surface area (Å²) >= 11 is 18.0. The molecule has 0 saturated heterocycles. The first-order valence-electron chi connectivity index (χ1n) is 6.95. The van der Waals surface area contributed by atoms with E-state index in [9.17, 15) is 9.59 Å². The molecule has 2 amide bonds. The molecule has 3 rings (SSSR count). The van der Waals surface area contributed by atoms with Gasteiger partial charge in [-0.05, 0) is 42.8 Å². The van der Waals surface area contributed by atoms with Gasteiger partial charge >= 0.3 is 0 Å². The van der Waals surface area contributed by atoms with Crippen molar-refractivity contribution in [3.8, 4) is 0 Å². The van der Waals surface area contributed by atoms with E-state index in [-0.39, 0.29) is 16.4 Å². The fourth-order valence-corrected chi connectivity index (χ4v) is 3.11. The summed E-state index contributed by atoms with van der Waals surface area (Å²) in [5.41, 5.74) is 1.95. The average molecular weight is 382 g/mol. The van der Waals surface area contributed by atoms with Gasteiger partial charge in [0, 0.05) is 15.7 Å². The number of hydrogen-bond acceptors (Lipinski definition) is 3. The van der Waals surface area contributed by atoms with Gasteiger partial charge in [-0.25, -0.2) is 4.90 Å². The minimum Gasteiger partial charge on any atom is -0.350 e. The number of amides is 2. The first-order valence-corrected chi connectivity index (χ1v) is 8.08. The molecule has 1 heterocycles. The second-order valence-corrected chi connectivity index (χ2v) is 6.51. The SMILES string of the molecule is Cc1cccc(NC2=C(Cl)C(=O)N(c3cc(Cl)cc(Cl)c3)C2=O)c1. The number of rotatable bonds is 3. The molecule has 0 aromatic heterocycles. The number of halogens is 3. The summed E-state index contributed by atoms with van der Waals surface area (Å²) in [5.74, 6) is -1.19. The van der Waals surface area contributed by atoms with Gasteiger partial charge < -0.3 is 5.32 Å². The molecule has 1 aliphatic heterocycles. The van der Waals surface area contributed by atoms with Crippen molar-refractivity contribution in [2.45, 2.75) is 6.92 Å². The lowest BCUT2D eigenvalue weighted by Crippen LogP contribution is -2.32. The molecule has 1 aliphatic rings. The fraction of sp³-hybridized carbons (Fsp3) is 0.0588. The molecule has 2 aromatic carbocycles. The Balaban J connectivity index is 1.95. The minimum absolute atomic E-state index is 0.0170. The van der Waals surface area contributed by atoms with E-state index in [1.54, 1.807) is 6.07 Å². The largest absolute Gasteiger partial charge is 0.350 e. The Morgan fingerprint density at radius 2 is 1.58 bits per heavy atom. The van der Waals surface area contributed by atoms with Crippen LogP contribution in [0.25, 0.3) is 0 Å². The third-order valence-corrected chi connectivity index (χ3v) is 4.21. The first-order chi connectivity index (χ1) is 11.4. The Bertz CT molecular complexity index is 873. The van der Waals surface area contributed by atoms with Crippen LogP contribution >= 0.6 is 34.8 Å². The molecule has 122 valence electrons. The normalized spacial score (nSPS) is 14.6. The topological polar surface area (TPSA) is 49.4 Å². The molecular weight excluding hydrogens is 371 g/mol. The number of imide groups is 1. The average Bonchev–Trinajstić information content (AvgIpc) is 2.70. The van der Waals surface area contributed by atoms with Crippen molar-refractivity contribution in [3.63, 3.8) is 0 Å². The minimum atomic E-state index is -0.629. The highest BCUT2D eigenvalue weighted by atomic mass is 35.5. The van der Waals surface area contributed by atoms with Crippen LogP contribution in [-0.4, -0.2) is 11.8 Å². The van der Waals surface area contributed by atoms with Crippen molar-refractivity contribution in [1.29, 1.82) is 0 Å². The third-order valence-electron chi connectivity index (χ3n) is 3.42. The predicted molar refractivity (Wildman–Crippen MR) is 96.6 cm³/mol. The smallest absolute Gasteiger partial charge is 0.283 e. The second kappa shape index (κ2) is 6.48. The number of benzene rings is 2. The third kappa shape index (κ3) is 3.13. The van der Waals surface area contributed by atoms with Crippen molar-refractivity contribution in [3.05, 3.63) is 68.8 Å². The predicted octanol–water partition coefficient (Wildman–Crippen LogP) is 4.74. The highest BCUT2D eigenvalue weighted by molar-refractivity contribution is 6.53. The summed E-state index contributed by atoms with van der Waals surface area (Å²) in [4.78, 5) is 26.0. The van der Waals surface area contributed by atoms with E-state index in [1.165, 1.54) is 18.2 Å². The molecule has 0 saturated carbocycles. The summed E-state index contributed by atoms with van der Waals surface area (Å²) in [5, 5.41) is 3.36. The molecule has 0 fully saturated rings. The molecule has 4 nitrogen and oxygen atoms in total. The first kappa shape index (κ1) is 16.8. The molecule has 0 unspecified atom stereocenters. The van der Waals surface area contributed by atoms with Crippen molar-refractivity contribution < 1.29 is 9.59 Å². The van der Waals surface area contributed by atoms with Gasteiger partial charge in [-0.3, -0.25) is 9.59 Å². The molecule has 0 aliphatic carbocycles. The zero-order chi connectivity index (χ0) is 17.4. The monoisotopic (exact) mass is 380 g/mol. The van der Waals surface area contributed by atoms with E-state index in [2.05, 4.69) is 5.32 Å². The van der Waals surface area contributed by atoms with Crippen molar-refractivity contribution in [2.24, 2.45) is 0 Å². The molecule has 0 spiro atoms. The van der Waals surface area contributed by atoms with E-state index >= 15 is 0 Å². The Kier molecular flexibility index (Phi) is 4.54. The van der Waals surface area contributed by atoms with Crippen LogP contribution in [0, 0.1) is 6.92 Å². The Morgan fingerprint density at radius 1 is 0.917 bits per heavy atom. The van der Waals surface area contributed by atoms with E-state index in [4.69, 9.17) is 34.8 Å². The van der Waals surface area contributed by atoms with Crippen molar-refractivity contribution >= 4 is 58.0 Å². The molecule has 0 atom stereocenters. The second-order valence-electron chi connectivity index (χ2n) is 5.26. The van der Waals surface area contributed by atoms with Crippen LogP contribution in [0.3, 0.4) is 0 Å². The number of carbonyl (C=O) groups excluding carboxylic acids is 2. The summed E-state index contributed by atoms with van der Waals surface area (Å²) < 4.78 is 0. The number of hydrogen-bond donors (Lipinski definition) is 1. The lowest BCUT2D eigenvalue weighted by molar-refractivity contribution is -0.120. The fourth-order valence-electron chi connectivity index (χ4n) is 2.38. The molecule has 2 aromatic rings. The molecule has 1 N–H and O–H groups in total. The van der Waals surface area contributed by atoms with E-state index in [0.29, 0.717) is 15.7 Å². The van der Waals surface area contributed by atoms with Crippen LogP contribution in [0.2, 0.25) is 10.0 Å². The van der Waals surface area contributed by atoms with Crippen LogP contribution in [0.4, 0.5) is 11.4 Å². The van der Waals surface area contributed by atoms with Crippen molar-refractivity contribution in [2.75, 3.05) is 10.2 Å². The van der Waals surface area contributed by atoms with Gasteiger partial charge in [-0.2, -0.15) is 0 Å². The Morgan fingerprint density at radius 3 is 2.21 bits per heavy atom. The lowest BCUT2D eigenvalue weighted by Gasteiger charge is -2.16. The van der Waals surface area contributed by atoms with Crippen molar-refractivity contribution in [1.82, 2.24) is 0 Å². The number of nitrogens with one attached hydrogen (secondary N) is 1. The number of carbonyl (C=O) groups is 2. The highest BCUT2D eigenvalue weighted by Gasteiger charge is 2.39. The van der Waals surface area contributed by atoms with Crippen LogP contribution in [0.1, 0.15) is 5.56 Å². The van der Waals surface area contributed by atoms with Crippen LogP contribution in [-0.2, 0) is 9.59 Å². The van der Waals surface area contributed by atoms with E-state index in [0.717, 1.165) is 10.5 Å². The highest BCUT2D eigenvalue weighted by Crippen LogP contribution is 2.33. The molecule has 7 heteroatoms. The van der Waals surface area contributed by atoms with Gasteiger partial charge in [0.15, 0.2) is 0 Å². The lowest BCUT2D eigenvalue weighted by atomic mass is 10.2. The molecule has 0 bridgehead atoms. The molecular formula is C17H11Cl3N2O2. The quantitative estimate of drug-likeness (QED) is 0.781. The van der Waals surface area contributed by atoms with Gasteiger partial charge in [0.05, 0.1) is 5.69 Å². The van der Waals surface area contributed by atoms with Crippen LogP contribution in [0.5, 0.6) is 0 Å². The van der Waals surface area contributed by atoms with Gasteiger partial charge in [0.2, 0.25) is 0 Å². The van der Waals surface area contributed by atoms with E-state index < -0.39 is 11.8 Å². The summed E-state index contributed by atoms with van der Waals surface area (Å²) in [7, 11) is 0. The number of anilines is 2. The standard InChI is InChI=1S/C17H11Cl3N2O2/c1-9-3-2-4-12(5-9)21-15-14(20)16(23)22(17(15)24)13-7-10(18)6-11(19)8-13/h2-8,21H,1H3. The van der Waals surface area contributed by atoms with Gasteiger partial charge in [0.25, 0.3) is 11.8 Å². The summed E-state index contributed by atoms with van der Waals surface area (Å²) in [6.45, 7) is 1.92. The Labute approximate surface area is 153 Å². The maximum atomic E-state index is 12.7. The number of aryl methyl sites for hydroxylation is 1. The zero-order valence-corrected chi connectivity index (χ0v) is 14.7. The van der Waals surface area contributed by atoms with Gasteiger partial charge in [-0.1, -0.05) is 46.9 Å². The maximum absolute atomic E-state index is 12.7. The van der Waals surface area contributed by atoms with Crippen LogP contribution in [0.15, 0.2) is 53.2 Å². The van der Waals surface area contributed by atoms with Gasteiger partial charge in [0.1, 0.15) is 10.7 Å². The summed E-state index contributed by atoms with van der Waals surface area (Å²) in [6.07, 6.45) is 0. The van der Waals surface area contributed by atoms with E-state index in [1.807, 2.05) is 25.1 Å². The molecule has 0 radical (unpaired) electrons.